The zero-order valence-electron chi connectivity index (χ0n) is 19.8. The molecule has 10 nitrogen and oxygen atoms in total. The Morgan fingerprint density at radius 2 is 0.750 bits per heavy atom. The van der Waals surface area contributed by atoms with E-state index in [4.69, 9.17) is 17.2 Å². The topological polar surface area (TPSA) is 222 Å². The van der Waals surface area contributed by atoms with Gasteiger partial charge in [-0.1, -0.05) is 33.1 Å². The van der Waals surface area contributed by atoms with Crippen LogP contribution in [0.2, 0.25) is 0 Å². The molecule has 32 heavy (non-hydrogen) atoms. The number of nitrogens with two attached hydrogens (primary N) is 3. The maximum Gasteiger partial charge on any atom is 4.00 e. The number of carbonyl (C=O) groups excluding carboxylic acids is 3. The van der Waals surface area contributed by atoms with E-state index in [0.717, 1.165) is 38.5 Å². The van der Waals surface area contributed by atoms with Gasteiger partial charge < -0.3 is 52.0 Å². The molecule has 0 rings (SSSR count). The van der Waals surface area contributed by atoms with Crippen LogP contribution in [-0.4, -0.2) is 43.6 Å². The monoisotopic (exact) mass is 497 g/mol. The summed E-state index contributed by atoms with van der Waals surface area (Å²) in [5.41, 5.74) is 15.5. The van der Waals surface area contributed by atoms with Crippen LogP contribution in [0.4, 0.5) is 0 Å². The summed E-state index contributed by atoms with van der Waals surface area (Å²) in [7, 11) is 0. The van der Waals surface area contributed by atoms with E-state index in [1.165, 1.54) is 0 Å². The van der Waals surface area contributed by atoms with Gasteiger partial charge in [0.25, 0.3) is 0 Å². The number of unbranched alkanes of at least 4 members (excludes halogenated alkanes) is 6. The Kier molecular flexibility index (Phi) is 48.1. The molecular weight excluding hydrogens is 454 g/mol. The first kappa shape index (κ1) is 41.2. The number of carboxylic acids is 3. The second-order valence-corrected chi connectivity index (χ2v) is 6.96. The van der Waals surface area contributed by atoms with Crippen molar-refractivity contribution < 1.29 is 56.5 Å². The minimum Gasteiger partial charge on any atom is -0.852 e. The molecule has 0 aliphatic carbocycles. The van der Waals surface area contributed by atoms with Gasteiger partial charge in [-0.2, -0.15) is 0 Å². The van der Waals surface area contributed by atoms with Crippen molar-refractivity contribution in [2.45, 2.75) is 97.0 Å². The fourth-order valence-corrected chi connectivity index (χ4v) is 1.77. The SMILES string of the molecule is CC(C)[O-].NCCCCCC(=O)[O-].NCCCCCC(=O)[O-].NCCCCCC(=O)[O-].[Ti+4]. The molecular formula is C21H43N3O7Ti. The normalized spacial score (nSPS) is 9.09. The summed E-state index contributed by atoms with van der Waals surface area (Å²) in [5, 5.41) is 39.0. The van der Waals surface area contributed by atoms with Crippen molar-refractivity contribution in [2.24, 2.45) is 17.2 Å². The number of hydrogen-bond donors (Lipinski definition) is 3. The second-order valence-electron chi connectivity index (χ2n) is 6.96. The largest absolute Gasteiger partial charge is 4.00 e. The van der Waals surface area contributed by atoms with E-state index in [9.17, 15) is 34.8 Å². The summed E-state index contributed by atoms with van der Waals surface area (Å²) in [6.45, 7) is 5.16. The Balaban J connectivity index is -0.000000104. The summed E-state index contributed by atoms with van der Waals surface area (Å²) in [5.74, 6) is -2.90. The minimum atomic E-state index is -0.966. The van der Waals surface area contributed by atoms with Gasteiger partial charge in [0.1, 0.15) is 0 Å². The fraction of sp³-hybridized carbons (Fsp3) is 0.857. The first-order valence-electron chi connectivity index (χ1n) is 10.9. The summed E-state index contributed by atoms with van der Waals surface area (Å²) < 4.78 is 0. The van der Waals surface area contributed by atoms with Crippen molar-refractivity contribution in [3.05, 3.63) is 0 Å². The molecule has 6 N–H and O–H groups in total. The van der Waals surface area contributed by atoms with E-state index in [-0.39, 0.29) is 41.0 Å². The molecule has 0 bridgehead atoms. The van der Waals surface area contributed by atoms with E-state index in [1.807, 2.05) is 0 Å². The average Bonchev–Trinajstić information content (AvgIpc) is 2.66. The van der Waals surface area contributed by atoms with Crippen LogP contribution in [0.5, 0.6) is 0 Å². The minimum absolute atomic E-state index is 0. The van der Waals surface area contributed by atoms with Gasteiger partial charge in [-0.15, -0.1) is 6.10 Å². The van der Waals surface area contributed by atoms with Crippen LogP contribution in [0.3, 0.4) is 0 Å². The van der Waals surface area contributed by atoms with Gasteiger partial charge in [0.15, 0.2) is 0 Å². The molecule has 0 heterocycles. The maximum absolute atomic E-state index is 9.82. The van der Waals surface area contributed by atoms with Crippen molar-refractivity contribution in [3.63, 3.8) is 0 Å². The van der Waals surface area contributed by atoms with Crippen molar-refractivity contribution in [1.29, 1.82) is 0 Å². The number of aliphatic carboxylic acids is 3. The maximum atomic E-state index is 9.82. The van der Waals surface area contributed by atoms with Crippen molar-refractivity contribution in [3.8, 4) is 0 Å². The van der Waals surface area contributed by atoms with Crippen LogP contribution in [0, 0.1) is 0 Å². The van der Waals surface area contributed by atoms with Crippen molar-refractivity contribution >= 4 is 17.9 Å². The first-order chi connectivity index (χ1) is 14.5. The zero-order valence-corrected chi connectivity index (χ0v) is 21.3. The van der Waals surface area contributed by atoms with Crippen LogP contribution < -0.4 is 37.6 Å². The van der Waals surface area contributed by atoms with Crippen LogP contribution >= 0.6 is 0 Å². The molecule has 0 saturated heterocycles. The Morgan fingerprint density at radius 1 is 0.562 bits per heavy atom. The van der Waals surface area contributed by atoms with Crippen LogP contribution in [0.25, 0.3) is 0 Å². The molecule has 188 valence electrons. The van der Waals surface area contributed by atoms with Gasteiger partial charge in [0, 0.05) is 17.9 Å². The molecule has 0 saturated carbocycles. The Morgan fingerprint density at radius 3 is 0.875 bits per heavy atom. The zero-order chi connectivity index (χ0) is 24.9. The van der Waals surface area contributed by atoms with Gasteiger partial charge in [0.2, 0.25) is 0 Å². The van der Waals surface area contributed by atoms with Gasteiger partial charge in [0.05, 0.1) is 0 Å². The Bertz CT molecular complexity index is 347. The molecule has 0 aliphatic heterocycles. The molecule has 0 aromatic heterocycles. The van der Waals surface area contributed by atoms with E-state index < -0.39 is 24.0 Å². The third kappa shape index (κ3) is 78.7. The predicted octanol–water partition coefficient (Wildman–Crippen LogP) is -2.48. The van der Waals surface area contributed by atoms with E-state index in [0.29, 0.717) is 38.9 Å². The van der Waals surface area contributed by atoms with Crippen LogP contribution in [-0.2, 0) is 36.1 Å². The quantitative estimate of drug-likeness (QED) is 0.160. The predicted molar refractivity (Wildman–Crippen MR) is 113 cm³/mol. The molecule has 11 heteroatoms. The summed E-state index contributed by atoms with van der Waals surface area (Å²) >= 11 is 0. The number of hydrogen-bond acceptors (Lipinski definition) is 10. The molecule has 0 aromatic rings. The van der Waals surface area contributed by atoms with E-state index in [2.05, 4.69) is 0 Å². The molecule has 0 unspecified atom stereocenters. The molecule has 0 aliphatic rings. The molecule has 0 fully saturated rings. The Labute approximate surface area is 208 Å². The second kappa shape index (κ2) is 37.3. The average molecular weight is 497 g/mol. The molecule has 0 aromatic carbocycles. The standard InChI is InChI=1S/3C6H13NO2.C3H7O.Ti/c3*7-5-3-1-2-4-6(8)9;1-3(2)4;/h3*1-5,7H2,(H,8,9);3H,1-2H3;/q;;;-1;+4/p-3. The number of carbonyl (C=O) groups is 3. The van der Waals surface area contributed by atoms with Gasteiger partial charge >= 0.3 is 21.7 Å². The smallest absolute Gasteiger partial charge is 0.852 e. The number of rotatable bonds is 15. The first-order valence-corrected chi connectivity index (χ1v) is 10.9. The van der Waals surface area contributed by atoms with Gasteiger partial charge in [-0.05, 0) is 77.4 Å². The summed E-state index contributed by atoms with van der Waals surface area (Å²) in [6.07, 6.45) is 7.58. The van der Waals surface area contributed by atoms with Crippen molar-refractivity contribution in [2.75, 3.05) is 19.6 Å². The third-order valence-electron chi connectivity index (χ3n) is 3.26. The fourth-order valence-electron chi connectivity index (χ4n) is 1.77. The molecule has 0 amide bonds. The summed E-state index contributed by atoms with van der Waals surface area (Å²) in [4.78, 5) is 29.5. The van der Waals surface area contributed by atoms with Gasteiger partial charge in [-0.25, -0.2) is 0 Å². The van der Waals surface area contributed by atoms with Gasteiger partial charge in [-0.3, -0.25) is 0 Å². The summed E-state index contributed by atoms with van der Waals surface area (Å²) in [6, 6.07) is 0. The van der Waals surface area contributed by atoms with Crippen LogP contribution in [0.15, 0.2) is 0 Å². The van der Waals surface area contributed by atoms with Crippen molar-refractivity contribution in [1.82, 2.24) is 0 Å². The van der Waals surface area contributed by atoms with E-state index in [1.54, 1.807) is 13.8 Å². The molecule has 0 atom stereocenters. The van der Waals surface area contributed by atoms with Crippen LogP contribution in [0.1, 0.15) is 90.9 Å². The van der Waals surface area contributed by atoms with E-state index >= 15 is 0 Å². The Hall–Kier alpha value is -1.04. The molecule has 0 radical (unpaired) electrons. The third-order valence-corrected chi connectivity index (χ3v) is 3.26. The molecule has 0 spiro atoms. The number of carboxylic acid groups (broad SMARTS) is 3.